The first kappa shape index (κ1) is 12.2. The monoisotopic (exact) mass is 253 g/mol. The third-order valence-electron chi connectivity index (χ3n) is 4.79. The van der Waals surface area contributed by atoms with Crippen LogP contribution < -0.4 is 5.32 Å². The molecule has 1 heterocycles. The number of rotatable bonds is 0. The zero-order chi connectivity index (χ0) is 12.7. The fourth-order valence-corrected chi connectivity index (χ4v) is 3.76. The van der Waals surface area contributed by atoms with Crippen LogP contribution in [-0.2, 0) is 0 Å². The predicted molar refractivity (Wildman–Crippen MR) is 68.4 cm³/mol. The molecule has 0 spiro atoms. The van der Waals surface area contributed by atoms with Gasteiger partial charge in [-0.15, -0.1) is 0 Å². The Labute approximate surface area is 107 Å². The van der Waals surface area contributed by atoms with Crippen LogP contribution in [0.15, 0.2) is 23.5 Å². The molecule has 4 unspecified atom stereocenters. The summed E-state index contributed by atoms with van der Waals surface area (Å²) in [6, 6.07) is 0. The first-order valence-corrected chi connectivity index (χ1v) is 7.11. The number of halogens is 2. The van der Waals surface area contributed by atoms with E-state index in [4.69, 9.17) is 0 Å². The molecule has 2 aliphatic carbocycles. The van der Waals surface area contributed by atoms with Crippen molar-refractivity contribution in [2.45, 2.75) is 57.3 Å². The van der Waals surface area contributed by atoms with E-state index in [0.29, 0.717) is 12.8 Å². The molecule has 2 bridgehead atoms. The number of hydrogen-bond donors (Lipinski definition) is 1. The Balaban J connectivity index is 1.95. The Morgan fingerprint density at radius 2 is 1.61 bits per heavy atom. The van der Waals surface area contributed by atoms with E-state index in [0.717, 1.165) is 25.0 Å². The van der Waals surface area contributed by atoms with Gasteiger partial charge in [0.15, 0.2) is 0 Å². The molecule has 3 rings (SSSR count). The summed E-state index contributed by atoms with van der Waals surface area (Å²) in [5.74, 6) is 0.323. The molecule has 1 nitrogen and oxygen atoms in total. The van der Waals surface area contributed by atoms with Crippen molar-refractivity contribution < 1.29 is 8.78 Å². The normalized spacial score (nSPS) is 40.7. The molecule has 0 amide bonds. The minimum atomic E-state index is -1.32. The van der Waals surface area contributed by atoms with E-state index in [1.807, 2.05) is 0 Å². The van der Waals surface area contributed by atoms with Crippen LogP contribution in [0.25, 0.3) is 0 Å². The summed E-state index contributed by atoms with van der Waals surface area (Å²) in [5.41, 5.74) is 3.54. The molecule has 0 aromatic carbocycles. The standard InChI is InChI=1S/C15H21F2N/c1-9-10-6-11(8-14(17)13(16)7-10)12-4-2-3-5-15(12)18-9/h10-11,13-14,18H,1-8H2. The lowest BCUT2D eigenvalue weighted by Gasteiger charge is -2.26. The second-order valence-electron chi connectivity index (χ2n) is 5.99. The largest absolute Gasteiger partial charge is 0.363 e. The maximum absolute atomic E-state index is 13.8. The fourth-order valence-electron chi connectivity index (χ4n) is 3.76. The van der Waals surface area contributed by atoms with Crippen molar-refractivity contribution in [2.75, 3.05) is 0 Å². The van der Waals surface area contributed by atoms with Crippen LogP contribution in [0.3, 0.4) is 0 Å². The summed E-state index contributed by atoms with van der Waals surface area (Å²) in [6.07, 6.45) is 3.42. The molecule has 4 atom stereocenters. The number of nitrogens with one attached hydrogen (secondary N) is 1. The van der Waals surface area contributed by atoms with E-state index in [-0.39, 0.29) is 11.8 Å². The number of fused-ring (bicyclic) bond motifs is 3. The number of hydrogen-bond acceptors (Lipinski definition) is 1. The number of allylic oxidation sites excluding steroid dienone is 3. The predicted octanol–water partition coefficient (Wildman–Crippen LogP) is 4.02. The summed E-state index contributed by atoms with van der Waals surface area (Å²) in [7, 11) is 0. The third kappa shape index (κ3) is 2.08. The molecular weight excluding hydrogens is 232 g/mol. The van der Waals surface area contributed by atoms with E-state index in [9.17, 15) is 8.78 Å². The van der Waals surface area contributed by atoms with Crippen LogP contribution in [0, 0.1) is 11.8 Å². The Hall–Kier alpha value is -0.860. The van der Waals surface area contributed by atoms with E-state index >= 15 is 0 Å². The topological polar surface area (TPSA) is 12.0 Å². The van der Waals surface area contributed by atoms with Crippen LogP contribution in [0.4, 0.5) is 8.78 Å². The Bertz CT molecular complexity index is 388. The molecule has 0 aromatic rings. The highest BCUT2D eigenvalue weighted by Gasteiger charge is 2.38. The molecular formula is C15H21F2N. The van der Waals surface area contributed by atoms with Gasteiger partial charge in [-0.05, 0) is 56.4 Å². The maximum Gasteiger partial charge on any atom is 0.132 e. The van der Waals surface area contributed by atoms with Gasteiger partial charge >= 0.3 is 0 Å². The quantitative estimate of drug-likeness (QED) is 0.687. The first-order valence-electron chi connectivity index (χ1n) is 7.11. The zero-order valence-corrected chi connectivity index (χ0v) is 10.7. The van der Waals surface area contributed by atoms with Crippen molar-refractivity contribution in [3.63, 3.8) is 0 Å². The molecule has 0 aromatic heterocycles. The van der Waals surface area contributed by atoms with Gasteiger partial charge < -0.3 is 5.32 Å². The minimum Gasteiger partial charge on any atom is -0.363 e. The van der Waals surface area contributed by atoms with Crippen LogP contribution in [-0.4, -0.2) is 12.3 Å². The van der Waals surface area contributed by atoms with Gasteiger partial charge in [0.05, 0.1) is 0 Å². The molecule has 1 saturated carbocycles. The van der Waals surface area contributed by atoms with Gasteiger partial charge in [-0.1, -0.05) is 6.58 Å². The van der Waals surface area contributed by atoms with Gasteiger partial charge in [0, 0.05) is 17.3 Å². The summed E-state index contributed by atoms with van der Waals surface area (Å²) < 4.78 is 27.6. The van der Waals surface area contributed by atoms with Gasteiger partial charge in [0.2, 0.25) is 0 Å². The van der Waals surface area contributed by atoms with Crippen LogP contribution >= 0.6 is 0 Å². The summed E-state index contributed by atoms with van der Waals surface area (Å²) >= 11 is 0. The van der Waals surface area contributed by atoms with Gasteiger partial charge in [-0.25, -0.2) is 8.78 Å². The fraction of sp³-hybridized carbons (Fsp3) is 0.733. The number of alkyl halides is 2. The molecule has 3 aliphatic rings. The SMILES string of the molecule is C=C1NC2=C(CCCC2)C2CC1CC(F)C(F)C2. The molecule has 1 N–H and O–H groups in total. The van der Waals surface area contributed by atoms with Crippen LogP contribution in [0.5, 0.6) is 0 Å². The highest BCUT2D eigenvalue weighted by Crippen LogP contribution is 2.43. The van der Waals surface area contributed by atoms with Crippen molar-refractivity contribution in [1.29, 1.82) is 0 Å². The van der Waals surface area contributed by atoms with Gasteiger partial charge in [-0.3, -0.25) is 0 Å². The molecule has 0 saturated heterocycles. The lowest BCUT2D eigenvalue weighted by Crippen LogP contribution is -2.25. The lowest BCUT2D eigenvalue weighted by molar-refractivity contribution is 0.146. The van der Waals surface area contributed by atoms with Gasteiger partial charge in [-0.2, -0.15) is 0 Å². The van der Waals surface area contributed by atoms with Crippen molar-refractivity contribution in [3.05, 3.63) is 23.5 Å². The molecule has 1 fully saturated rings. The minimum absolute atomic E-state index is 0.0938. The van der Waals surface area contributed by atoms with Crippen LogP contribution in [0.2, 0.25) is 0 Å². The molecule has 1 aliphatic heterocycles. The Morgan fingerprint density at radius 3 is 2.39 bits per heavy atom. The Morgan fingerprint density at radius 1 is 0.944 bits per heavy atom. The molecule has 3 heteroatoms. The molecule has 18 heavy (non-hydrogen) atoms. The maximum atomic E-state index is 13.8. The molecule has 0 radical (unpaired) electrons. The van der Waals surface area contributed by atoms with E-state index in [1.165, 1.54) is 24.1 Å². The molecule has 100 valence electrons. The average molecular weight is 253 g/mol. The van der Waals surface area contributed by atoms with Gasteiger partial charge in [0.25, 0.3) is 0 Å². The summed E-state index contributed by atoms with van der Waals surface area (Å²) in [6.45, 7) is 4.05. The van der Waals surface area contributed by atoms with Crippen molar-refractivity contribution in [2.24, 2.45) is 11.8 Å². The lowest BCUT2D eigenvalue weighted by atomic mass is 9.82. The highest BCUT2D eigenvalue weighted by molar-refractivity contribution is 5.26. The van der Waals surface area contributed by atoms with Crippen LogP contribution in [0.1, 0.15) is 44.9 Å². The highest BCUT2D eigenvalue weighted by atomic mass is 19.2. The van der Waals surface area contributed by atoms with E-state index in [2.05, 4.69) is 11.9 Å². The van der Waals surface area contributed by atoms with Crippen molar-refractivity contribution in [3.8, 4) is 0 Å². The van der Waals surface area contributed by atoms with Crippen molar-refractivity contribution in [1.82, 2.24) is 5.32 Å². The third-order valence-corrected chi connectivity index (χ3v) is 4.79. The van der Waals surface area contributed by atoms with Gasteiger partial charge in [0.1, 0.15) is 12.3 Å². The van der Waals surface area contributed by atoms with E-state index in [1.54, 1.807) is 0 Å². The average Bonchev–Trinajstić information content (AvgIpc) is 2.57. The second kappa shape index (κ2) is 4.67. The van der Waals surface area contributed by atoms with E-state index < -0.39 is 12.3 Å². The second-order valence-corrected chi connectivity index (χ2v) is 5.99. The van der Waals surface area contributed by atoms with Crippen molar-refractivity contribution >= 4 is 0 Å². The summed E-state index contributed by atoms with van der Waals surface area (Å²) in [5, 5.41) is 3.41. The Kier molecular flexibility index (Phi) is 3.16. The zero-order valence-electron chi connectivity index (χ0n) is 10.7. The summed E-state index contributed by atoms with van der Waals surface area (Å²) in [4.78, 5) is 0. The first-order chi connectivity index (χ1) is 8.65. The smallest absolute Gasteiger partial charge is 0.132 e.